The molecule has 1 fully saturated rings. The monoisotopic (exact) mass is 304 g/mol. The van der Waals surface area contributed by atoms with Crippen molar-refractivity contribution in [3.05, 3.63) is 17.7 Å². The number of rotatable bonds is 3. The topological polar surface area (TPSA) is 80.5 Å². The molecule has 3 N–H and O–H groups in total. The van der Waals surface area contributed by atoms with Crippen molar-refractivity contribution >= 4 is 17.5 Å². The number of primary amides is 1. The highest BCUT2D eigenvalue weighted by atomic mass is 19.4. The smallest absolute Gasteiger partial charge is 0.377 e. The van der Waals surface area contributed by atoms with E-state index in [1.54, 1.807) is 0 Å². The molecule has 1 aromatic heterocycles. The zero-order chi connectivity index (χ0) is 15.6. The van der Waals surface area contributed by atoms with Crippen LogP contribution in [0, 0.1) is 0 Å². The molecule has 0 aliphatic carbocycles. The minimum Gasteiger partial charge on any atom is -0.377 e. The van der Waals surface area contributed by atoms with E-state index < -0.39 is 23.7 Å². The van der Waals surface area contributed by atoms with Crippen LogP contribution in [0.3, 0.4) is 0 Å². The summed E-state index contributed by atoms with van der Waals surface area (Å²) in [4.78, 5) is 16.9. The van der Waals surface area contributed by atoms with Gasteiger partial charge in [0.05, 0.1) is 18.8 Å². The van der Waals surface area contributed by atoms with Gasteiger partial charge in [0.2, 0.25) is 5.91 Å². The maximum atomic E-state index is 12.9. The Balaban J connectivity index is 2.43. The SMILES string of the molecule is CNc1cc(C(F)(F)F)cc(N2CCOCC2C(N)=O)n1. The van der Waals surface area contributed by atoms with Crippen molar-refractivity contribution in [3.8, 4) is 0 Å². The molecule has 0 saturated carbocycles. The van der Waals surface area contributed by atoms with Crippen LogP contribution in [0.4, 0.5) is 24.8 Å². The van der Waals surface area contributed by atoms with Gasteiger partial charge in [0.15, 0.2) is 0 Å². The first-order valence-electron chi connectivity index (χ1n) is 6.23. The summed E-state index contributed by atoms with van der Waals surface area (Å²) >= 11 is 0. The van der Waals surface area contributed by atoms with E-state index in [9.17, 15) is 18.0 Å². The van der Waals surface area contributed by atoms with Crippen molar-refractivity contribution in [2.75, 3.05) is 37.0 Å². The Morgan fingerprint density at radius 3 is 2.81 bits per heavy atom. The maximum absolute atomic E-state index is 12.9. The number of nitrogens with one attached hydrogen (secondary N) is 1. The van der Waals surface area contributed by atoms with Crippen LogP contribution in [0.1, 0.15) is 5.56 Å². The van der Waals surface area contributed by atoms with Crippen LogP contribution >= 0.6 is 0 Å². The van der Waals surface area contributed by atoms with Gasteiger partial charge in [-0.15, -0.1) is 0 Å². The third kappa shape index (κ3) is 3.35. The molecule has 1 amide bonds. The van der Waals surface area contributed by atoms with E-state index in [0.717, 1.165) is 12.1 Å². The van der Waals surface area contributed by atoms with Gasteiger partial charge in [-0.05, 0) is 12.1 Å². The number of carbonyl (C=O) groups is 1. The van der Waals surface area contributed by atoms with E-state index in [2.05, 4.69) is 10.3 Å². The lowest BCUT2D eigenvalue weighted by molar-refractivity contribution is -0.137. The third-order valence-corrected chi connectivity index (χ3v) is 3.15. The van der Waals surface area contributed by atoms with Crippen LogP contribution in [0.25, 0.3) is 0 Å². The highest BCUT2D eigenvalue weighted by Crippen LogP contribution is 2.33. The molecule has 1 aliphatic heterocycles. The van der Waals surface area contributed by atoms with Gasteiger partial charge in [-0.2, -0.15) is 13.2 Å². The summed E-state index contributed by atoms with van der Waals surface area (Å²) in [6.07, 6.45) is -4.50. The van der Waals surface area contributed by atoms with E-state index in [-0.39, 0.29) is 31.4 Å². The zero-order valence-corrected chi connectivity index (χ0v) is 11.3. The molecule has 1 atom stereocenters. The van der Waals surface area contributed by atoms with Crippen LogP contribution in [-0.4, -0.2) is 43.7 Å². The number of aromatic nitrogens is 1. The third-order valence-electron chi connectivity index (χ3n) is 3.15. The summed E-state index contributed by atoms with van der Waals surface area (Å²) in [6.45, 7) is 0.559. The Bertz CT molecular complexity index is 536. The van der Waals surface area contributed by atoms with E-state index in [1.807, 2.05) is 0 Å². The number of morpholine rings is 1. The zero-order valence-electron chi connectivity index (χ0n) is 11.3. The Morgan fingerprint density at radius 1 is 1.52 bits per heavy atom. The molecule has 0 radical (unpaired) electrons. The number of hydrogen-bond acceptors (Lipinski definition) is 5. The van der Waals surface area contributed by atoms with Crippen LogP contribution in [0.2, 0.25) is 0 Å². The van der Waals surface area contributed by atoms with Crippen LogP contribution in [0.15, 0.2) is 12.1 Å². The number of alkyl halides is 3. The van der Waals surface area contributed by atoms with Gasteiger partial charge in [0.1, 0.15) is 17.7 Å². The first kappa shape index (κ1) is 15.4. The number of nitrogens with two attached hydrogens (primary N) is 1. The van der Waals surface area contributed by atoms with Gasteiger partial charge < -0.3 is 20.7 Å². The number of ether oxygens (including phenoxy) is 1. The molecular weight excluding hydrogens is 289 g/mol. The lowest BCUT2D eigenvalue weighted by Gasteiger charge is -2.34. The van der Waals surface area contributed by atoms with E-state index in [1.165, 1.54) is 11.9 Å². The van der Waals surface area contributed by atoms with Crippen molar-refractivity contribution in [3.63, 3.8) is 0 Å². The first-order chi connectivity index (χ1) is 9.82. The molecule has 2 heterocycles. The second-order valence-electron chi connectivity index (χ2n) is 4.53. The van der Waals surface area contributed by atoms with Crippen LogP contribution in [0.5, 0.6) is 0 Å². The largest absolute Gasteiger partial charge is 0.416 e. The van der Waals surface area contributed by atoms with E-state index in [0.29, 0.717) is 0 Å². The molecule has 9 heteroatoms. The Labute approximate surface area is 119 Å². The highest BCUT2D eigenvalue weighted by molar-refractivity contribution is 5.83. The number of halogens is 3. The van der Waals surface area contributed by atoms with Crippen LogP contribution < -0.4 is 16.0 Å². The number of carbonyl (C=O) groups excluding carboxylic acids is 1. The predicted octanol–water partition coefficient (Wildman–Crippen LogP) is 0.833. The minimum atomic E-state index is -4.50. The fourth-order valence-electron chi connectivity index (χ4n) is 2.07. The summed E-state index contributed by atoms with van der Waals surface area (Å²) in [5.74, 6) is -0.560. The molecule has 1 unspecified atom stereocenters. The van der Waals surface area contributed by atoms with Crippen molar-refractivity contribution in [2.24, 2.45) is 5.73 Å². The second-order valence-corrected chi connectivity index (χ2v) is 4.53. The average molecular weight is 304 g/mol. The Kier molecular flexibility index (Phi) is 4.21. The molecule has 116 valence electrons. The second kappa shape index (κ2) is 5.76. The van der Waals surface area contributed by atoms with E-state index in [4.69, 9.17) is 10.5 Å². The molecule has 2 rings (SSSR count). The number of anilines is 2. The van der Waals surface area contributed by atoms with Crippen molar-refractivity contribution in [1.29, 1.82) is 0 Å². The molecule has 0 bridgehead atoms. The molecule has 6 nitrogen and oxygen atoms in total. The molecule has 1 aromatic rings. The van der Waals surface area contributed by atoms with Gasteiger partial charge in [-0.25, -0.2) is 4.98 Å². The molecule has 1 saturated heterocycles. The number of amides is 1. The van der Waals surface area contributed by atoms with Gasteiger partial charge in [-0.1, -0.05) is 0 Å². The van der Waals surface area contributed by atoms with Crippen LogP contribution in [-0.2, 0) is 15.7 Å². The number of nitrogens with zero attached hydrogens (tertiary/aromatic N) is 2. The molecule has 0 aromatic carbocycles. The minimum absolute atomic E-state index is 0.0299. The van der Waals surface area contributed by atoms with E-state index >= 15 is 0 Å². The summed E-state index contributed by atoms with van der Waals surface area (Å²) in [6, 6.07) is 0.977. The van der Waals surface area contributed by atoms with Crippen molar-refractivity contribution in [1.82, 2.24) is 4.98 Å². The fraction of sp³-hybridized carbons (Fsp3) is 0.500. The Hall–Kier alpha value is -2.03. The van der Waals surface area contributed by atoms with Gasteiger partial charge in [0.25, 0.3) is 0 Å². The summed E-state index contributed by atoms with van der Waals surface area (Å²) in [5.41, 5.74) is 4.42. The van der Waals surface area contributed by atoms with Gasteiger partial charge in [0, 0.05) is 13.6 Å². The summed E-state index contributed by atoms with van der Waals surface area (Å²) in [5, 5.41) is 2.58. The quantitative estimate of drug-likeness (QED) is 0.864. The molecule has 1 aliphatic rings. The lowest BCUT2D eigenvalue weighted by Crippen LogP contribution is -2.53. The first-order valence-corrected chi connectivity index (χ1v) is 6.23. The standard InChI is InChI=1S/C12H15F3N4O2/c1-17-9-4-7(12(13,14)15)5-10(18-9)19-2-3-21-6-8(19)11(16)20/h4-5,8H,2-3,6H2,1H3,(H2,16,20)(H,17,18). The molecular formula is C12H15F3N4O2. The normalized spacial score (nSPS) is 19.4. The number of hydrogen-bond donors (Lipinski definition) is 2. The van der Waals surface area contributed by atoms with Gasteiger partial charge >= 0.3 is 6.18 Å². The van der Waals surface area contributed by atoms with Crippen molar-refractivity contribution < 1.29 is 22.7 Å². The summed E-state index contributed by atoms with van der Waals surface area (Å²) in [7, 11) is 1.47. The summed E-state index contributed by atoms with van der Waals surface area (Å²) < 4.78 is 43.9. The Morgan fingerprint density at radius 2 is 2.24 bits per heavy atom. The number of pyridine rings is 1. The molecule has 21 heavy (non-hydrogen) atoms. The molecule has 0 spiro atoms. The maximum Gasteiger partial charge on any atom is 0.416 e. The fourth-order valence-corrected chi connectivity index (χ4v) is 2.07. The van der Waals surface area contributed by atoms with Gasteiger partial charge in [-0.3, -0.25) is 4.79 Å². The lowest BCUT2D eigenvalue weighted by atomic mass is 10.2. The predicted molar refractivity (Wildman–Crippen MR) is 69.9 cm³/mol. The highest BCUT2D eigenvalue weighted by Gasteiger charge is 2.34. The van der Waals surface area contributed by atoms with Crippen molar-refractivity contribution in [2.45, 2.75) is 12.2 Å². The average Bonchev–Trinajstić information content (AvgIpc) is 2.45.